The molecule has 6 heteroatoms. The molecule has 18 heavy (non-hydrogen) atoms. The Kier molecular flexibility index (Phi) is 6.46. The van der Waals surface area contributed by atoms with Gasteiger partial charge in [-0.25, -0.2) is 0 Å². The molecule has 0 spiro atoms. The number of nitrogens with one attached hydrogen (secondary N) is 1. The molecule has 0 aliphatic rings. The van der Waals surface area contributed by atoms with Crippen molar-refractivity contribution in [1.82, 2.24) is 5.32 Å². The van der Waals surface area contributed by atoms with Crippen LogP contribution in [0.15, 0.2) is 22.7 Å². The molecule has 1 N–H and O–H groups in total. The second-order valence-electron chi connectivity index (χ2n) is 3.79. The van der Waals surface area contributed by atoms with Crippen LogP contribution in [0.25, 0.3) is 0 Å². The number of carbonyl (C=O) groups is 1. The summed E-state index contributed by atoms with van der Waals surface area (Å²) in [5.74, 6) is 0.271. The van der Waals surface area contributed by atoms with Crippen LogP contribution in [0.1, 0.15) is 6.92 Å². The molecule has 1 aromatic carbocycles. The fraction of sp³-hybridized carbons (Fsp3) is 0.417. The molecule has 1 atom stereocenters. The maximum Gasteiger partial charge on any atom is 0.258 e. The van der Waals surface area contributed by atoms with Gasteiger partial charge < -0.3 is 14.8 Å². The van der Waals surface area contributed by atoms with Crippen molar-refractivity contribution < 1.29 is 14.3 Å². The van der Waals surface area contributed by atoms with Crippen molar-refractivity contribution in [1.29, 1.82) is 0 Å². The largest absolute Gasteiger partial charge is 0.482 e. The molecule has 0 saturated carbocycles. The van der Waals surface area contributed by atoms with Gasteiger partial charge in [0.15, 0.2) is 6.61 Å². The molecular weight excluding hydrogens is 321 g/mol. The highest BCUT2D eigenvalue weighted by Gasteiger charge is 2.09. The Balaban J connectivity index is 2.42. The van der Waals surface area contributed by atoms with Crippen LogP contribution >= 0.6 is 27.5 Å². The Morgan fingerprint density at radius 1 is 1.56 bits per heavy atom. The maximum absolute atomic E-state index is 11.5. The maximum atomic E-state index is 11.5. The SMILES string of the molecule is COCC(C)NC(=O)COc1ccc(Br)cc1Cl. The highest BCUT2D eigenvalue weighted by atomic mass is 79.9. The lowest BCUT2D eigenvalue weighted by atomic mass is 10.3. The summed E-state index contributed by atoms with van der Waals surface area (Å²) in [5.41, 5.74) is 0. The van der Waals surface area contributed by atoms with Crippen LogP contribution in [-0.4, -0.2) is 32.3 Å². The molecule has 0 bridgehead atoms. The predicted molar refractivity (Wildman–Crippen MR) is 74.1 cm³/mol. The monoisotopic (exact) mass is 335 g/mol. The average Bonchev–Trinajstić information content (AvgIpc) is 2.28. The molecule has 100 valence electrons. The summed E-state index contributed by atoms with van der Waals surface area (Å²) in [6, 6.07) is 5.17. The molecule has 0 aromatic heterocycles. The van der Waals surface area contributed by atoms with E-state index in [4.69, 9.17) is 21.1 Å². The molecule has 0 saturated heterocycles. The number of ether oxygens (including phenoxy) is 2. The Hall–Kier alpha value is -0.780. The van der Waals surface area contributed by atoms with Gasteiger partial charge in [-0.2, -0.15) is 0 Å². The van der Waals surface area contributed by atoms with Gasteiger partial charge in [-0.1, -0.05) is 27.5 Å². The molecule has 1 aromatic rings. The number of methoxy groups -OCH3 is 1. The van der Waals surface area contributed by atoms with E-state index in [9.17, 15) is 4.79 Å². The summed E-state index contributed by atoms with van der Waals surface area (Å²) in [7, 11) is 1.58. The van der Waals surface area contributed by atoms with Gasteiger partial charge >= 0.3 is 0 Å². The van der Waals surface area contributed by atoms with Gasteiger partial charge in [0.05, 0.1) is 11.6 Å². The predicted octanol–water partition coefficient (Wildman–Crippen LogP) is 2.63. The molecule has 1 unspecified atom stereocenters. The number of hydrogen-bond donors (Lipinski definition) is 1. The number of halogens is 2. The Bertz CT molecular complexity index is 414. The van der Waals surface area contributed by atoms with Crippen molar-refractivity contribution >= 4 is 33.4 Å². The molecule has 0 aliphatic carbocycles. The zero-order chi connectivity index (χ0) is 13.5. The highest BCUT2D eigenvalue weighted by molar-refractivity contribution is 9.10. The van der Waals surface area contributed by atoms with Crippen molar-refractivity contribution in [2.24, 2.45) is 0 Å². The van der Waals surface area contributed by atoms with E-state index in [0.717, 1.165) is 4.47 Å². The standard InChI is InChI=1S/C12H15BrClNO3/c1-8(6-17-2)15-12(16)7-18-11-4-3-9(13)5-10(11)14/h3-5,8H,6-7H2,1-2H3,(H,15,16). The summed E-state index contributed by atoms with van der Waals surface area (Å²) in [6.07, 6.45) is 0. The van der Waals surface area contributed by atoms with E-state index in [0.29, 0.717) is 17.4 Å². The third-order valence-corrected chi connectivity index (χ3v) is 2.87. The molecule has 1 rings (SSSR count). The number of rotatable bonds is 6. The van der Waals surface area contributed by atoms with Crippen LogP contribution in [-0.2, 0) is 9.53 Å². The first-order chi connectivity index (χ1) is 8.52. The van der Waals surface area contributed by atoms with E-state index in [1.807, 2.05) is 6.92 Å². The van der Waals surface area contributed by atoms with Crippen LogP contribution < -0.4 is 10.1 Å². The zero-order valence-electron chi connectivity index (χ0n) is 10.2. The summed E-state index contributed by atoms with van der Waals surface area (Å²) in [5, 5.41) is 3.20. The molecule has 0 fully saturated rings. The number of amides is 1. The van der Waals surface area contributed by atoms with Crippen molar-refractivity contribution in [3.63, 3.8) is 0 Å². The van der Waals surface area contributed by atoms with Gasteiger partial charge in [0.1, 0.15) is 5.75 Å². The molecule has 0 radical (unpaired) electrons. The van der Waals surface area contributed by atoms with Crippen molar-refractivity contribution in [2.75, 3.05) is 20.3 Å². The Morgan fingerprint density at radius 2 is 2.28 bits per heavy atom. The minimum atomic E-state index is -0.210. The number of carbonyl (C=O) groups excluding carboxylic acids is 1. The van der Waals surface area contributed by atoms with Gasteiger partial charge in [0.25, 0.3) is 5.91 Å². The van der Waals surface area contributed by atoms with E-state index in [2.05, 4.69) is 21.2 Å². The summed E-state index contributed by atoms with van der Waals surface area (Å²) >= 11 is 9.25. The quantitative estimate of drug-likeness (QED) is 0.869. The smallest absolute Gasteiger partial charge is 0.258 e. The second-order valence-corrected chi connectivity index (χ2v) is 5.11. The van der Waals surface area contributed by atoms with E-state index >= 15 is 0 Å². The molecule has 1 amide bonds. The normalized spacial score (nSPS) is 12.0. The summed E-state index contributed by atoms with van der Waals surface area (Å²) in [4.78, 5) is 11.5. The number of benzene rings is 1. The molecule has 4 nitrogen and oxygen atoms in total. The van der Waals surface area contributed by atoms with E-state index in [-0.39, 0.29) is 18.6 Å². The number of hydrogen-bond acceptors (Lipinski definition) is 3. The minimum absolute atomic E-state index is 0.0495. The lowest BCUT2D eigenvalue weighted by molar-refractivity contribution is -0.124. The first-order valence-electron chi connectivity index (χ1n) is 5.39. The molecule has 0 aliphatic heterocycles. The van der Waals surface area contributed by atoms with Crippen LogP contribution in [0, 0.1) is 0 Å². The van der Waals surface area contributed by atoms with Crippen LogP contribution in [0.4, 0.5) is 0 Å². The van der Waals surface area contributed by atoms with Crippen molar-refractivity contribution in [3.05, 3.63) is 27.7 Å². The Labute approximate surface area is 120 Å². The van der Waals surface area contributed by atoms with Crippen molar-refractivity contribution in [3.8, 4) is 5.75 Å². The third kappa shape index (κ3) is 5.25. The topological polar surface area (TPSA) is 47.6 Å². The summed E-state index contributed by atoms with van der Waals surface area (Å²) in [6.45, 7) is 2.24. The fourth-order valence-electron chi connectivity index (χ4n) is 1.34. The Morgan fingerprint density at radius 3 is 2.89 bits per heavy atom. The average molecular weight is 337 g/mol. The van der Waals surface area contributed by atoms with Crippen molar-refractivity contribution in [2.45, 2.75) is 13.0 Å². The van der Waals surface area contributed by atoms with Gasteiger partial charge in [0.2, 0.25) is 0 Å². The van der Waals surface area contributed by atoms with Gasteiger partial charge in [-0.05, 0) is 25.1 Å². The lowest BCUT2D eigenvalue weighted by Crippen LogP contribution is -2.38. The highest BCUT2D eigenvalue weighted by Crippen LogP contribution is 2.27. The van der Waals surface area contributed by atoms with Crippen LogP contribution in [0.5, 0.6) is 5.75 Å². The van der Waals surface area contributed by atoms with Gasteiger partial charge in [-0.3, -0.25) is 4.79 Å². The van der Waals surface area contributed by atoms with Gasteiger partial charge in [-0.15, -0.1) is 0 Å². The molecular formula is C12H15BrClNO3. The van der Waals surface area contributed by atoms with Crippen LogP contribution in [0.2, 0.25) is 5.02 Å². The van der Waals surface area contributed by atoms with Crippen LogP contribution in [0.3, 0.4) is 0 Å². The zero-order valence-corrected chi connectivity index (χ0v) is 12.5. The van der Waals surface area contributed by atoms with E-state index in [1.165, 1.54) is 0 Å². The lowest BCUT2D eigenvalue weighted by Gasteiger charge is -2.13. The first kappa shape index (κ1) is 15.3. The first-order valence-corrected chi connectivity index (χ1v) is 6.56. The second kappa shape index (κ2) is 7.61. The minimum Gasteiger partial charge on any atom is -0.482 e. The summed E-state index contributed by atoms with van der Waals surface area (Å²) < 4.78 is 11.1. The van der Waals surface area contributed by atoms with Gasteiger partial charge in [0, 0.05) is 17.6 Å². The van der Waals surface area contributed by atoms with E-state index in [1.54, 1.807) is 25.3 Å². The fourth-order valence-corrected chi connectivity index (χ4v) is 2.07. The van der Waals surface area contributed by atoms with E-state index < -0.39 is 0 Å². The third-order valence-electron chi connectivity index (χ3n) is 2.08. The molecule has 0 heterocycles.